The number of carbonyl (C=O) groups is 1. The summed E-state index contributed by atoms with van der Waals surface area (Å²) in [6.45, 7) is 8.85. The number of nitrogens with one attached hydrogen (secondary N) is 1. The third kappa shape index (κ3) is 4.13. The molecule has 1 atom stereocenters. The van der Waals surface area contributed by atoms with Crippen molar-refractivity contribution in [3.63, 3.8) is 0 Å². The van der Waals surface area contributed by atoms with E-state index in [-0.39, 0.29) is 11.2 Å². The van der Waals surface area contributed by atoms with Crippen LogP contribution in [0.4, 0.5) is 0 Å². The van der Waals surface area contributed by atoms with E-state index in [1.54, 1.807) is 6.20 Å². The molecule has 0 spiro atoms. The molecular weight excluding hydrogens is 294 g/mol. The zero-order chi connectivity index (χ0) is 16.1. The molecule has 1 aromatic carbocycles. The van der Waals surface area contributed by atoms with Crippen LogP contribution in [0.15, 0.2) is 35.7 Å². The molecule has 5 heteroatoms. The van der Waals surface area contributed by atoms with Crippen LogP contribution >= 0.6 is 11.8 Å². The summed E-state index contributed by atoms with van der Waals surface area (Å²) < 4.78 is 2.04. The van der Waals surface area contributed by atoms with Crippen LogP contribution in [-0.4, -0.2) is 27.3 Å². The zero-order valence-electron chi connectivity index (χ0n) is 13.6. The molecule has 4 nitrogen and oxygen atoms in total. The molecule has 0 aliphatic carbocycles. The Morgan fingerprint density at radius 2 is 2.00 bits per heavy atom. The molecule has 0 fully saturated rings. The van der Waals surface area contributed by atoms with Crippen molar-refractivity contribution in [3.05, 3.63) is 41.7 Å². The highest BCUT2D eigenvalue weighted by molar-refractivity contribution is 8.00. The number of hydrogen-bond donors (Lipinski definition) is 1. The summed E-state index contributed by atoms with van der Waals surface area (Å²) in [6.07, 6.45) is 4.66. The van der Waals surface area contributed by atoms with E-state index in [9.17, 15) is 4.79 Å². The molecule has 0 radical (unpaired) electrons. The van der Waals surface area contributed by atoms with Crippen molar-refractivity contribution in [1.29, 1.82) is 0 Å². The summed E-state index contributed by atoms with van der Waals surface area (Å²) in [7, 11) is 0. The number of aryl methyl sites for hydroxylation is 2. The first-order valence-electron chi connectivity index (χ1n) is 7.57. The standard InChI is InChI=1S/C17H23N3OS/c1-5-6-18-16(21)14(4)22-17-19-7-8-20(17)15-10-12(2)9-13(3)11-15/h7-11,14H,5-6H2,1-4H3,(H,18,21). The summed E-state index contributed by atoms with van der Waals surface area (Å²) in [6, 6.07) is 6.40. The summed E-state index contributed by atoms with van der Waals surface area (Å²) in [5.74, 6) is 0.0572. The lowest BCUT2D eigenvalue weighted by Crippen LogP contribution is -2.31. The van der Waals surface area contributed by atoms with E-state index in [1.807, 2.05) is 24.6 Å². The van der Waals surface area contributed by atoms with Crippen molar-refractivity contribution in [2.75, 3.05) is 6.54 Å². The van der Waals surface area contributed by atoms with Crippen LogP contribution in [0.1, 0.15) is 31.4 Å². The second-order valence-electron chi connectivity index (χ2n) is 5.48. The minimum Gasteiger partial charge on any atom is -0.355 e. The van der Waals surface area contributed by atoms with E-state index in [0.29, 0.717) is 0 Å². The van der Waals surface area contributed by atoms with Gasteiger partial charge >= 0.3 is 0 Å². The second-order valence-corrected chi connectivity index (χ2v) is 6.78. The van der Waals surface area contributed by atoms with Crippen molar-refractivity contribution in [2.45, 2.75) is 44.5 Å². The molecule has 1 N–H and O–H groups in total. The molecule has 1 heterocycles. The zero-order valence-corrected chi connectivity index (χ0v) is 14.4. The third-order valence-corrected chi connectivity index (χ3v) is 4.37. The number of imidazole rings is 1. The number of nitrogens with zero attached hydrogens (tertiary/aromatic N) is 2. The maximum absolute atomic E-state index is 12.0. The van der Waals surface area contributed by atoms with Gasteiger partial charge in [0.05, 0.1) is 5.25 Å². The van der Waals surface area contributed by atoms with Crippen LogP contribution in [0, 0.1) is 13.8 Å². The maximum Gasteiger partial charge on any atom is 0.233 e. The van der Waals surface area contributed by atoms with Gasteiger partial charge in [-0.05, 0) is 50.5 Å². The summed E-state index contributed by atoms with van der Waals surface area (Å²) in [4.78, 5) is 16.4. The quantitative estimate of drug-likeness (QED) is 0.830. The maximum atomic E-state index is 12.0. The topological polar surface area (TPSA) is 46.9 Å². The van der Waals surface area contributed by atoms with Crippen LogP contribution in [0.5, 0.6) is 0 Å². The van der Waals surface area contributed by atoms with Gasteiger partial charge < -0.3 is 5.32 Å². The van der Waals surface area contributed by atoms with Crippen molar-refractivity contribution in [1.82, 2.24) is 14.9 Å². The molecule has 0 saturated heterocycles. The molecule has 0 aliphatic heterocycles. The lowest BCUT2D eigenvalue weighted by Gasteiger charge is -2.13. The summed E-state index contributed by atoms with van der Waals surface area (Å²) in [5, 5.41) is 3.59. The minimum atomic E-state index is -0.168. The van der Waals surface area contributed by atoms with Gasteiger partial charge in [0.15, 0.2) is 5.16 Å². The van der Waals surface area contributed by atoms with E-state index in [1.165, 1.54) is 22.9 Å². The Bertz CT molecular complexity index is 631. The molecule has 22 heavy (non-hydrogen) atoms. The highest BCUT2D eigenvalue weighted by Crippen LogP contribution is 2.25. The molecule has 2 aromatic rings. The molecule has 1 unspecified atom stereocenters. The molecule has 0 aliphatic rings. The molecular formula is C17H23N3OS. The van der Waals surface area contributed by atoms with Crippen LogP contribution in [0.3, 0.4) is 0 Å². The van der Waals surface area contributed by atoms with E-state index >= 15 is 0 Å². The van der Waals surface area contributed by atoms with Gasteiger partial charge in [-0.25, -0.2) is 4.98 Å². The molecule has 118 valence electrons. The number of hydrogen-bond acceptors (Lipinski definition) is 3. The van der Waals surface area contributed by atoms with Crippen molar-refractivity contribution in [3.8, 4) is 5.69 Å². The fourth-order valence-electron chi connectivity index (χ4n) is 2.27. The Morgan fingerprint density at radius 3 is 2.64 bits per heavy atom. The fourth-order valence-corrected chi connectivity index (χ4v) is 3.17. The van der Waals surface area contributed by atoms with Gasteiger partial charge in [-0.2, -0.15) is 0 Å². The van der Waals surface area contributed by atoms with E-state index < -0.39 is 0 Å². The number of thioether (sulfide) groups is 1. The van der Waals surface area contributed by atoms with E-state index in [4.69, 9.17) is 0 Å². The Labute approximate surface area is 136 Å². The highest BCUT2D eigenvalue weighted by atomic mass is 32.2. The second kappa shape index (κ2) is 7.49. The average Bonchev–Trinajstić information content (AvgIpc) is 2.91. The van der Waals surface area contributed by atoms with Gasteiger partial charge in [0.2, 0.25) is 5.91 Å². The monoisotopic (exact) mass is 317 g/mol. The van der Waals surface area contributed by atoms with Gasteiger partial charge in [0, 0.05) is 24.6 Å². The summed E-state index contributed by atoms with van der Waals surface area (Å²) >= 11 is 1.48. The van der Waals surface area contributed by atoms with Crippen LogP contribution < -0.4 is 5.32 Å². The Balaban J connectivity index is 2.17. The van der Waals surface area contributed by atoms with Gasteiger partial charge in [-0.3, -0.25) is 9.36 Å². The highest BCUT2D eigenvalue weighted by Gasteiger charge is 2.17. The third-order valence-electron chi connectivity index (χ3n) is 3.29. The normalized spacial score (nSPS) is 12.2. The Kier molecular flexibility index (Phi) is 5.66. The van der Waals surface area contributed by atoms with Gasteiger partial charge in [0.25, 0.3) is 0 Å². The lowest BCUT2D eigenvalue weighted by molar-refractivity contribution is -0.120. The molecule has 1 aromatic heterocycles. The largest absolute Gasteiger partial charge is 0.355 e. The number of amides is 1. The van der Waals surface area contributed by atoms with Crippen molar-refractivity contribution < 1.29 is 4.79 Å². The van der Waals surface area contributed by atoms with Crippen LogP contribution in [0.25, 0.3) is 5.69 Å². The average molecular weight is 317 g/mol. The number of benzene rings is 1. The summed E-state index contributed by atoms with van der Waals surface area (Å²) in [5.41, 5.74) is 3.51. The Hall–Kier alpha value is -1.75. The predicted octanol–water partition coefficient (Wildman–Crippen LogP) is 3.50. The number of rotatable bonds is 6. The molecule has 0 bridgehead atoms. The van der Waals surface area contributed by atoms with E-state index in [0.717, 1.165) is 23.8 Å². The number of aromatic nitrogens is 2. The first-order chi connectivity index (χ1) is 10.5. The SMILES string of the molecule is CCCNC(=O)C(C)Sc1nccn1-c1cc(C)cc(C)c1. The van der Waals surface area contributed by atoms with Gasteiger partial charge in [-0.1, -0.05) is 24.8 Å². The van der Waals surface area contributed by atoms with Gasteiger partial charge in [0.1, 0.15) is 0 Å². The molecule has 2 rings (SSSR count). The molecule has 0 saturated carbocycles. The smallest absolute Gasteiger partial charge is 0.233 e. The first-order valence-corrected chi connectivity index (χ1v) is 8.45. The van der Waals surface area contributed by atoms with Crippen LogP contribution in [0.2, 0.25) is 0 Å². The first kappa shape index (κ1) is 16.6. The van der Waals surface area contributed by atoms with Crippen molar-refractivity contribution in [2.24, 2.45) is 0 Å². The molecule has 1 amide bonds. The minimum absolute atomic E-state index is 0.0572. The van der Waals surface area contributed by atoms with Crippen molar-refractivity contribution >= 4 is 17.7 Å². The number of carbonyl (C=O) groups excluding carboxylic acids is 1. The predicted molar refractivity (Wildman–Crippen MR) is 91.7 cm³/mol. The fraction of sp³-hybridized carbons (Fsp3) is 0.412. The lowest BCUT2D eigenvalue weighted by atomic mass is 10.1. The van der Waals surface area contributed by atoms with Crippen LogP contribution in [-0.2, 0) is 4.79 Å². The van der Waals surface area contributed by atoms with Gasteiger partial charge in [-0.15, -0.1) is 0 Å². The van der Waals surface area contributed by atoms with E-state index in [2.05, 4.69) is 42.3 Å². The Morgan fingerprint density at radius 1 is 1.32 bits per heavy atom.